The first kappa shape index (κ1) is 14.5. The fraction of sp³-hybridized carbons (Fsp3) is 0.286. The molecule has 2 aromatic rings. The van der Waals surface area contributed by atoms with Gasteiger partial charge in [-0.1, -0.05) is 29.5 Å². The maximum atomic E-state index is 10.6. The Bertz CT molecular complexity index is 598. The minimum atomic E-state index is -0.363. The van der Waals surface area contributed by atoms with E-state index in [4.69, 9.17) is 4.74 Å². The van der Waals surface area contributed by atoms with E-state index >= 15 is 0 Å². The van der Waals surface area contributed by atoms with Crippen LogP contribution >= 0.6 is 11.3 Å². The third-order valence-corrected chi connectivity index (χ3v) is 3.97. The van der Waals surface area contributed by atoms with Crippen molar-refractivity contribution in [2.24, 2.45) is 0 Å². The summed E-state index contributed by atoms with van der Waals surface area (Å²) >= 11 is 1.15. The molecule has 1 aromatic heterocycles. The van der Waals surface area contributed by atoms with Crippen LogP contribution in [0.5, 0.6) is 5.75 Å². The summed E-state index contributed by atoms with van der Waals surface area (Å²) in [5.74, 6) is 0.837. The Morgan fingerprint density at radius 1 is 1.45 bits per heavy atom. The fourth-order valence-corrected chi connectivity index (χ4v) is 2.69. The highest BCUT2D eigenvalue weighted by Crippen LogP contribution is 2.26. The number of benzene rings is 1. The van der Waals surface area contributed by atoms with E-state index < -0.39 is 0 Å². The van der Waals surface area contributed by atoms with Crippen molar-refractivity contribution in [1.82, 2.24) is 5.32 Å². The summed E-state index contributed by atoms with van der Waals surface area (Å²) in [6.45, 7) is 2.63. The van der Waals surface area contributed by atoms with Crippen LogP contribution in [0.15, 0.2) is 35.7 Å². The van der Waals surface area contributed by atoms with Crippen LogP contribution < -0.4 is 10.1 Å². The van der Waals surface area contributed by atoms with Gasteiger partial charge in [0, 0.05) is 29.6 Å². The van der Waals surface area contributed by atoms with Gasteiger partial charge in [-0.3, -0.25) is 10.1 Å². The van der Waals surface area contributed by atoms with Crippen LogP contribution in [0.3, 0.4) is 0 Å². The third kappa shape index (κ3) is 3.34. The first-order chi connectivity index (χ1) is 9.61. The summed E-state index contributed by atoms with van der Waals surface area (Å²) in [4.78, 5) is 10.3. The summed E-state index contributed by atoms with van der Waals surface area (Å²) in [6.07, 6.45) is 0. The zero-order valence-corrected chi connectivity index (χ0v) is 12.1. The number of nitrogens with one attached hydrogen (secondary N) is 1. The average molecular weight is 292 g/mol. The lowest BCUT2D eigenvalue weighted by Gasteiger charge is -2.16. The van der Waals surface area contributed by atoms with Crippen LogP contribution in [0.1, 0.15) is 24.1 Å². The molecule has 0 aliphatic carbocycles. The van der Waals surface area contributed by atoms with E-state index in [1.807, 2.05) is 31.2 Å². The van der Waals surface area contributed by atoms with Gasteiger partial charge in [-0.25, -0.2) is 0 Å². The predicted molar refractivity (Wildman–Crippen MR) is 79.2 cm³/mol. The second-order valence-electron chi connectivity index (χ2n) is 4.39. The van der Waals surface area contributed by atoms with Crippen molar-refractivity contribution in [3.8, 4) is 5.75 Å². The van der Waals surface area contributed by atoms with Crippen LogP contribution in [-0.2, 0) is 6.54 Å². The minimum Gasteiger partial charge on any atom is -0.496 e. The molecule has 0 aliphatic rings. The molecule has 0 fully saturated rings. The van der Waals surface area contributed by atoms with Crippen LogP contribution in [0, 0.1) is 10.1 Å². The molecule has 0 amide bonds. The number of ether oxygens (including phenoxy) is 1. The molecule has 20 heavy (non-hydrogen) atoms. The van der Waals surface area contributed by atoms with Gasteiger partial charge in [0.25, 0.3) is 0 Å². The Morgan fingerprint density at radius 2 is 2.20 bits per heavy atom. The largest absolute Gasteiger partial charge is 0.496 e. The molecule has 5 nitrogen and oxygen atoms in total. The predicted octanol–water partition coefficient (Wildman–Crippen LogP) is 3.52. The van der Waals surface area contributed by atoms with E-state index in [1.165, 1.54) is 0 Å². The Balaban J connectivity index is 2.00. The Labute approximate surface area is 121 Å². The zero-order chi connectivity index (χ0) is 14.5. The minimum absolute atomic E-state index is 0.102. The van der Waals surface area contributed by atoms with Gasteiger partial charge in [-0.15, -0.1) is 0 Å². The first-order valence-corrected chi connectivity index (χ1v) is 7.08. The molecule has 106 valence electrons. The number of hydrogen-bond acceptors (Lipinski definition) is 5. The molecule has 1 N–H and O–H groups in total. The lowest BCUT2D eigenvalue weighted by molar-refractivity contribution is -0.380. The second kappa shape index (κ2) is 6.49. The first-order valence-electron chi connectivity index (χ1n) is 6.20. The van der Waals surface area contributed by atoms with Crippen LogP contribution in [0.2, 0.25) is 0 Å². The average Bonchev–Trinajstić information content (AvgIpc) is 2.94. The highest BCUT2D eigenvalue weighted by molar-refractivity contribution is 7.13. The lowest BCUT2D eigenvalue weighted by Crippen LogP contribution is -2.18. The van der Waals surface area contributed by atoms with Gasteiger partial charge < -0.3 is 10.1 Å². The van der Waals surface area contributed by atoms with E-state index in [9.17, 15) is 10.1 Å². The summed E-state index contributed by atoms with van der Waals surface area (Å²) in [6, 6.07) is 9.52. The van der Waals surface area contributed by atoms with Crippen LogP contribution in [-0.4, -0.2) is 12.0 Å². The van der Waals surface area contributed by atoms with E-state index in [0.29, 0.717) is 6.54 Å². The maximum Gasteiger partial charge on any atom is 0.324 e. The van der Waals surface area contributed by atoms with Gasteiger partial charge in [0.2, 0.25) is 0 Å². The van der Waals surface area contributed by atoms with Gasteiger partial charge in [-0.05, 0) is 18.6 Å². The van der Waals surface area contributed by atoms with Crippen molar-refractivity contribution in [3.05, 3.63) is 57.0 Å². The van der Waals surface area contributed by atoms with E-state index in [-0.39, 0.29) is 16.0 Å². The number of nitro groups is 1. The van der Waals surface area contributed by atoms with Crippen molar-refractivity contribution in [2.75, 3.05) is 7.11 Å². The number of methoxy groups -OCH3 is 1. The molecule has 0 bridgehead atoms. The van der Waals surface area contributed by atoms with Gasteiger partial charge in [0.1, 0.15) is 5.75 Å². The topological polar surface area (TPSA) is 64.4 Å². The molecule has 0 radical (unpaired) electrons. The highest BCUT2D eigenvalue weighted by atomic mass is 32.1. The summed E-state index contributed by atoms with van der Waals surface area (Å²) in [5.41, 5.74) is 1.99. The second-order valence-corrected chi connectivity index (χ2v) is 5.28. The number of para-hydroxylation sites is 1. The number of hydrogen-bond donors (Lipinski definition) is 1. The summed E-state index contributed by atoms with van der Waals surface area (Å²) < 4.78 is 5.33. The Kier molecular flexibility index (Phi) is 4.70. The van der Waals surface area contributed by atoms with E-state index in [0.717, 1.165) is 28.2 Å². The summed E-state index contributed by atoms with van der Waals surface area (Å²) in [5, 5.41) is 16.0. The molecule has 0 aliphatic heterocycles. The maximum absolute atomic E-state index is 10.6. The standard InChI is InChI=1S/C14H16N2O3S/c1-10(12-5-3-4-6-13(12)19-2)15-8-11-7-14(16(17)18)20-9-11/h3-7,9-10,15H,8H2,1-2H3/t10-/m1/s1. The molecule has 2 rings (SSSR count). The number of rotatable bonds is 6. The van der Waals surface area contributed by atoms with Crippen LogP contribution in [0.25, 0.3) is 0 Å². The zero-order valence-electron chi connectivity index (χ0n) is 11.3. The summed E-state index contributed by atoms with van der Waals surface area (Å²) in [7, 11) is 1.65. The smallest absolute Gasteiger partial charge is 0.324 e. The molecule has 6 heteroatoms. The van der Waals surface area contributed by atoms with Crippen molar-refractivity contribution in [2.45, 2.75) is 19.5 Å². The molecule has 0 spiro atoms. The van der Waals surface area contributed by atoms with Crippen LogP contribution in [0.4, 0.5) is 5.00 Å². The SMILES string of the molecule is COc1ccccc1[C@@H](C)NCc1csc([N+](=O)[O-])c1. The van der Waals surface area contributed by atoms with Gasteiger partial charge in [0.05, 0.1) is 12.0 Å². The van der Waals surface area contributed by atoms with E-state index in [1.54, 1.807) is 18.6 Å². The molecule has 1 atom stereocenters. The van der Waals surface area contributed by atoms with Crippen molar-refractivity contribution in [3.63, 3.8) is 0 Å². The molecular formula is C14H16N2O3S. The third-order valence-electron chi connectivity index (χ3n) is 3.04. The molecule has 1 aromatic carbocycles. The highest BCUT2D eigenvalue weighted by Gasteiger charge is 2.13. The molecular weight excluding hydrogens is 276 g/mol. The van der Waals surface area contributed by atoms with Gasteiger partial charge >= 0.3 is 5.00 Å². The Hall–Kier alpha value is -1.92. The number of nitrogens with zero attached hydrogens (tertiary/aromatic N) is 1. The van der Waals surface area contributed by atoms with Gasteiger partial charge in [0.15, 0.2) is 0 Å². The molecule has 0 unspecified atom stereocenters. The van der Waals surface area contributed by atoms with Gasteiger partial charge in [-0.2, -0.15) is 0 Å². The quantitative estimate of drug-likeness (QED) is 0.653. The van der Waals surface area contributed by atoms with Crippen molar-refractivity contribution >= 4 is 16.3 Å². The molecule has 0 saturated carbocycles. The normalized spacial score (nSPS) is 12.1. The molecule has 1 heterocycles. The van der Waals surface area contributed by atoms with Crippen molar-refractivity contribution < 1.29 is 9.66 Å². The number of thiophene rings is 1. The van der Waals surface area contributed by atoms with E-state index in [2.05, 4.69) is 5.32 Å². The monoisotopic (exact) mass is 292 g/mol. The fourth-order valence-electron chi connectivity index (χ4n) is 1.96. The lowest BCUT2D eigenvalue weighted by atomic mass is 10.1. The molecule has 0 saturated heterocycles. The van der Waals surface area contributed by atoms with Crippen molar-refractivity contribution in [1.29, 1.82) is 0 Å². The Morgan fingerprint density at radius 3 is 2.85 bits per heavy atom.